The average Bonchev–Trinajstić information content (AvgIpc) is 3.03. The highest BCUT2D eigenvalue weighted by Gasteiger charge is 2.30. The van der Waals surface area contributed by atoms with E-state index in [9.17, 15) is 14.7 Å². The van der Waals surface area contributed by atoms with Crippen LogP contribution in [-0.4, -0.2) is 74.0 Å². The molecule has 0 bridgehead atoms. The number of amides is 1. The smallest absolute Gasteiger partial charge is 0.410 e. The summed E-state index contributed by atoms with van der Waals surface area (Å²) in [7, 11) is 1.38. The van der Waals surface area contributed by atoms with Gasteiger partial charge in [0.05, 0.1) is 18.8 Å². The van der Waals surface area contributed by atoms with E-state index in [1.807, 2.05) is 57.2 Å². The first kappa shape index (κ1) is 31.7. The lowest BCUT2D eigenvalue weighted by Crippen LogP contribution is -2.50. The van der Waals surface area contributed by atoms with Gasteiger partial charge in [-0.25, -0.2) is 9.59 Å². The molecule has 2 aliphatic rings. The van der Waals surface area contributed by atoms with Crippen LogP contribution in [0, 0.1) is 5.92 Å². The van der Waals surface area contributed by atoms with Gasteiger partial charge < -0.3 is 29.3 Å². The van der Waals surface area contributed by atoms with Crippen LogP contribution in [0.5, 0.6) is 0 Å². The normalized spacial score (nSPS) is 16.9. The van der Waals surface area contributed by atoms with Gasteiger partial charge in [0.2, 0.25) is 0 Å². The van der Waals surface area contributed by atoms with E-state index in [0.717, 1.165) is 54.0 Å². The summed E-state index contributed by atoms with van der Waals surface area (Å²) in [6, 6.07) is 21.5. The zero-order valence-corrected chi connectivity index (χ0v) is 26.7. The number of anilines is 2. The lowest BCUT2D eigenvalue weighted by atomic mass is 9.84. The number of methoxy groups -OCH3 is 1. The maximum Gasteiger partial charge on any atom is 0.410 e. The third-order valence-corrected chi connectivity index (χ3v) is 8.70. The molecule has 3 aromatic rings. The maximum absolute atomic E-state index is 12.6. The van der Waals surface area contributed by atoms with Gasteiger partial charge in [-0.2, -0.15) is 0 Å². The lowest BCUT2D eigenvalue weighted by molar-refractivity contribution is 0.0240. The third-order valence-electron chi connectivity index (χ3n) is 8.45. The zero-order chi connectivity index (χ0) is 31.4. The van der Waals surface area contributed by atoms with Gasteiger partial charge in [-0.3, -0.25) is 0 Å². The van der Waals surface area contributed by atoms with E-state index in [1.54, 1.807) is 17.0 Å². The number of halogens is 1. The van der Waals surface area contributed by atoms with Crippen molar-refractivity contribution in [2.45, 2.75) is 45.3 Å². The first-order valence-electron chi connectivity index (χ1n) is 15.3. The number of benzene rings is 3. The van der Waals surface area contributed by atoms with Crippen LogP contribution in [0.4, 0.5) is 16.2 Å². The Morgan fingerprint density at radius 3 is 2.02 bits per heavy atom. The van der Waals surface area contributed by atoms with E-state index in [4.69, 9.17) is 21.1 Å². The van der Waals surface area contributed by atoms with Crippen molar-refractivity contribution < 1.29 is 24.2 Å². The molecule has 0 spiro atoms. The average molecular weight is 620 g/mol. The number of aliphatic hydroxyl groups is 1. The van der Waals surface area contributed by atoms with E-state index in [2.05, 4.69) is 28.0 Å². The highest BCUT2D eigenvalue weighted by Crippen LogP contribution is 2.39. The largest absolute Gasteiger partial charge is 0.465 e. The van der Waals surface area contributed by atoms with Crippen molar-refractivity contribution in [3.8, 4) is 11.1 Å². The Kier molecular flexibility index (Phi) is 9.71. The minimum absolute atomic E-state index is 0.0888. The van der Waals surface area contributed by atoms with Crippen molar-refractivity contribution in [2.75, 3.05) is 56.2 Å². The summed E-state index contributed by atoms with van der Waals surface area (Å²) in [5, 5.41) is 12.6. The molecule has 9 heteroatoms. The van der Waals surface area contributed by atoms with Crippen molar-refractivity contribution in [3.05, 3.63) is 82.9 Å². The molecular formula is C35H42ClN3O5. The molecule has 1 amide bonds. The highest BCUT2D eigenvalue weighted by molar-refractivity contribution is 6.30. The van der Waals surface area contributed by atoms with Crippen molar-refractivity contribution in [3.63, 3.8) is 0 Å². The van der Waals surface area contributed by atoms with Crippen LogP contribution < -0.4 is 9.80 Å². The number of nitrogens with zero attached hydrogens (tertiary/aromatic N) is 3. The fraction of sp³-hybridized carbons (Fsp3) is 0.429. The number of carbonyl (C=O) groups excluding carboxylic acids is 2. The van der Waals surface area contributed by atoms with E-state index in [0.29, 0.717) is 36.8 Å². The standard InChI is InChI=1S/C35H42ClN3O5/c1-35(2,3)44-34(42)39-21-19-38(20-22-39)29-13-14-30(24-5-9-27(36)10-6-24)31(23-29)32(40)25-15-17-37(18-16-25)28-11-7-26(8-12-28)33(41)43-4/h5-14,23,25,32,40H,15-22H2,1-4H3/t32-/m1/s1. The molecule has 0 aliphatic carbocycles. The van der Waals surface area contributed by atoms with Crippen molar-refractivity contribution in [2.24, 2.45) is 5.92 Å². The van der Waals surface area contributed by atoms with Crippen molar-refractivity contribution >= 4 is 35.0 Å². The topological polar surface area (TPSA) is 82.5 Å². The fourth-order valence-electron chi connectivity index (χ4n) is 6.01. The Morgan fingerprint density at radius 2 is 1.43 bits per heavy atom. The molecule has 5 rings (SSSR count). The Bertz CT molecular complexity index is 1440. The molecule has 0 aromatic heterocycles. The summed E-state index contributed by atoms with van der Waals surface area (Å²) < 4.78 is 10.4. The quantitative estimate of drug-likeness (QED) is 0.304. The fourth-order valence-corrected chi connectivity index (χ4v) is 6.14. The predicted molar refractivity (Wildman–Crippen MR) is 175 cm³/mol. The van der Waals surface area contributed by atoms with E-state index in [1.165, 1.54) is 7.11 Å². The molecule has 1 N–H and O–H groups in total. The molecule has 2 saturated heterocycles. The van der Waals surface area contributed by atoms with Gasteiger partial charge >= 0.3 is 12.1 Å². The molecule has 2 fully saturated rings. The summed E-state index contributed by atoms with van der Waals surface area (Å²) in [5.74, 6) is -0.257. The van der Waals surface area contributed by atoms with E-state index in [-0.39, 0.29) is 18.0 Å². The van der Waals surface area contributed by atoms with Crippen LogP contribution in [0.1, 0.15) is 55.6 Å². The van der Waals surface area contributed by atoms with Gasteiger partial charge in [0.25, 0.3) is 0 Å². The number of aliphatic hydroxyl groups excluding tert-OH is 1. The van der Waals surface area contributed by atoms with Gasteiger partial charge in [0.15, 0.2) is 0 Å². The first-order valence-corrected chi connectivity index (χ1v) is 15.6. The van der Waals surface area contributed by atoms with Crippen LogP contribution in [0.3, 0.4) is 0 Å². The second-order valence-electron chi connectivity index (χ2n) is 12.5. The van der Waals surface area contributed by atoms with Gasteiger partial charge in [0.1, 0.15) is 5.60 Å². The van der Waals surface area contributed by atoms with Crippen LogP contribution in [0.25, 0.3) is 11.1 Å². The molecule has 2 heterocycles. The summed E-state index contributed by atoms with van der Waals surface area (Å²) in [6.45, 7) is 9.77. The van der Waals surface area contributed by atoms with Gasteiger partial charge in [-0.15, -0.1) is 0 Å². The number of hydrogen-bond donors (Lipinski definition) is 1. The summed E-state index contributed by atoms with van der Waals surface area (Å²) in [4.78, 5) is 30.7. The summed E-state index contributed by atoms with van der Waals surface area (Å²) in [5.41, 5.74) is 4.99. The Labute approximate surface area is 265 Å². The van der Waals surface area contributed by atoms with Gasteiger partial charge in [0, 0.05) is 55.7 Å². The minimum Gasteiger partial charge on any atom is -0.465 e. The molecule has 234 valence electrons. The number of rotatable bonds is 6. The summed E-state index contributed by atoms with van der Waals surface area (Å²) >= 11 is 6.19. The Balaban J connectivity index is 1.31. The van der Waals surface area contributed by atoms with Crippen LogP contribution >= 0.6 is 11.6 Å². The number of hydrogen-bond acceptors (Lipinski definition) is 7. The van der Waals surface area contributed by atoms with Crippen LogP contribution in [0.2, 0.25) is 5.02 Å². The van der Waals surface area contributed by atoms with Gasteiger partial charge in [-0.1, -0.05) is 29.8 Å². The molecule has 0 unspecified atom stereocenters. The Morgan fingerprint density at radius 1 is 0.841 bits per heavy atom. The second-order valence-corrected chi connectivity index (χ2v) is 13.0. The second kappa shape index (κ2) is 13.5. The molecule has 8 nitrogen and oxygen atoms in total. The van der Waals surface area contributed by atoms with E-state index >= 15 is 0 Å². The summed E-state index contributed by atoms with van der Waals surface area (Å²) in [6.07, 6.45) is 0.738. The monoisotopic (exact) mass is 619 g/mol. The third kappa shape index (κ3) is 7.48. The van der Waals surface area contributed by atoms with Gasteiger partial charge in [-0.05, 0) is 105 Å². The number of ether oxygens (including phenoxy) is 2. The minimum atomic E-state index is -0.646. The molecular weight excluding hydrogens is 578 g/mol. The predicted octanol–water partition coefficient (Wildman–Crippen LogP) is 6.80. The SMILES string of the molecule is COC(=O)c1ccc(N2CCC([C@@H](O)c3cc(N4CCN(C(=O)OC(C)(C)C)CC4)ccc3-c3ccc(Cl)cc3)CC2)cc1. The number of esters is 1. The maximum atomic E-state index is 12.6. The van der Waals surface area contributed by atoms with Crippen LogP contribution in [-0.2, 0) is 9.47 Å². The molecule has 1 atom stereocenters. The molecule has 0 radical (unpaired) electrons. The molecule has 3 aromatic carbocycles. The Hall–Kier alpha value is -3.75. The number of piperidine rings is 1. The lowest BCUT2D eigenvalue weighted by Gasteiger charge is -2.38. The van der Waals surface area contributed by atoms with Crippen molar-refractivity contribution in [1.29, 1.82) is 0 Å². The number of piperazine rings is 1. The van der Waals surface area contributed by atoms with E-state index < -0.39 is 11.7 Å². The van der Waals surface area contributed by atoms with Crippen LogP contribution in [0.15, 0.2) is 66.7 Å². The highest BCUT2D eigenvalue weighted by atomic mass is 35.5. The molecule has 44 heavy (non-hydrogen) atoms. The molecule has 2 aliphatic heterocycles. The first-order chi connectivity index (χ1) is 21.0. The zero-order valence-electron chi connectivity index (χ0n) is 26.0. The number of carbonyl (C=O) groups is 2. The molecule has 0 saturated carbocycles. The van der Waals surface area contributed by atoms with Crippen molar-refractivity contribution in [1.82, 2.24) is 4.90 Å².